The molecule has 1 fully saturated rings. The van der Waals surface area contributed by atoms with Gasteiger partial charge in [0, 0.05) is 32.1 Å². The summed E-state index contributed by atoms with van der Waals surface area (Å²) in [5.41, 5.74) is 9.02. The van der Waals surface area contributed by atoms with Crippen molar-refractivity contribution in [3.8, 4) is 0 Å². The van der Waals surface area contributed by atoms with Crippen LogP contribution in [0.3, 0.4) is 0 Å². The first-order chi connectivity index (χ1) is 10.0. The zero-order valence-electron chi connectivity index (χ0n) is 13.3. The number of amides is 1. The van der Waals surface area contributed by atoms with Gasteiger partial charge in [0.05, 0.1) is 6.04 Å². The van der Waals surface area contributed by atoms with E-state index in [4.69, 9.17) is 5.73 Å². The number of aryl methyl sites for hydroxylation is 1. The number of hydrogen-bond donors (Lipinski definition) is 2. The maximum Gasteiger partial charge on any atom is 0.217 e. The Labute approximate surface area is 127 Å². The molecule has 0 aliphatic carbocycles. The fourth-order valence-electron chi connectivity index (χ4n) is 3.29. The molecular weight excluding hydrogens is 262 g/mol. The average Bonchev–Trinajstić information content (AvgIpc) is 2.88. The lowest BCUT2D eigenvalue weighted by molar-refractivity contribution is -0.119. The highest BCUT2D eigenvalue weighted by Crippen LogP contribution is 2.30. The van der Waals surface area contributed by atoms with Crippen LogP contribution in [0.1, 0.15) is 43.9 Å². The standard InChI is InChI=1S/C17H27N3O/c1-4-16(18)17(15-8-6-5-7-12(15)2)20-10-9-14(11-20)19-13(3)21/h5-8,14,16-17H,4,9-11,18H2,1-3H3,(H,19,21). The average molecular weight is 289 g/mol. The number of likely N-dealkylation sites (tertiary alicyclic amines) is 1. The van der Waals surface area contributed by atoms with Gasteiger partial charge in [0.25, 0.3) is 0 Å². The number of carbonyl (C=O) groups excluding carboxylic acids is 1. The second-order valence-electron chi connectivity index (χ2n) is 6.05. The summed E-state index contributed by atoms with van der Waals surface area (Å²) in [6.07, 6.45) is 1.94. The molecule has 0 spiro atoms. The Morgan fingerprint density at radius 1 is 1.48 bits per heavy atom. The van der Waals surface area contributed by atoms with Crippen molar-refractivity contribution in [2.75, 3.05) is 13.1 Å². The number of nitrogens with two attached hydrogens (primary N) is 1. The van der Waals surface area contributed by atoms with E-state index in [1.54, 1.807) is 6.92 Å². The van der Waals surface area contributed by atoms with Gasteiger partial charge in [-0.2, -0.15) is 0 Å². The van der Waals surface area contributed by atoms with E-state index in [1.807, 2.05) is 0 Å². The van der Waals surface area contributed by atoms with E-state index in [1.165, 1.54) is 11.1 Å². The number of benzene rings is 1. The Morgan fingerprint density at radius 3 is 2.81 bits per heavy atom. The van der Waals surface area contributed by atoms with E-state index in [-0.39, 0.29) is 24.0 Å². The summed E-state index contributed by atoms with van der Waals surface area (Å²) in [7, 11) is 0. The highest BCUT2D eigenvalue weighted by atomic mass is 16.1. The molecule has 0 aromatic heterocycles. The summed E-state index contributed by atoms with van der Waals surface area (Å²) in [5, 5.41) is 3.03. The van der Waals surface area contributed by atoms with Crippen molar-refractivity contribution in [2.45, 2.75) is 51.7 Å². The molecule has 116 valence electrons. The lowest BCUT2D eigenvalue weighted by Crippen LogP contribution is -2.42. The van der Waals surface area contributed by atoms with Gasteiger partial charge >= 0.3 is 0 Å². The summed E-state index contributed by atoms with van der Waals surface area (Å²) in [4.78, 5) is 13.7. The third kappa shape index (κ3) is 3.83. The molecule has 4 nitrogen and oxygen atoms in total. The maximum absolute atomic E-state index is 11.2. The van der Waals surface area contributed by atoms with Gasteiger partial charge in [-0.05, 0) is 30.9 Å². The Balaban J connectivity index is 2.18. The molecule has 21 heavy (non-hydrogen) atoms. The van der Waals surface area contributed by atoms with Gasteiger partial charge < -0.3 is 11.1 Å². The van der Waals surface area contributed by atoms with Gasteiger partial charge in [-0.25, -0.2) is 0 Å². The van der Waals surface area contributed by atoms with Crippen molar-refractivity contribution in [1.82, 2.24) is 10.2 Å². The van der Waals surface area contributed by atoms with E-state index in [0.717, 1.165) is 25.9 Å². The fourth-order valence-corrected chi connectivity index (χ4v) is 3.29. The van der Waals surface area contributed by atoms with Crippen LogP contribution in [0.5, 0.6) is 0 Å². The predicted octanol–water partition coefficient (Wildman–Crippen LogP) is 1.98. The van der Waals surface area contributed by atoms with E-state index < -0.39 is 0 Å². The molecule has 1 aromatic rings. The third-order valence-corrected chi connectivity index (χ3v) is 4.40. The van der Waals surface area contributed by atoms with Gasteiger partial charge in [0.15, 0.2) is 0 Å². The summed E-state index contributed by atoms with van der Waals surface area (Å²) in [6, 6.07) is 9.07. The Bertz CT molecular complexity index is 489. The molecule has 1 aliphatic rings. The van der Waals surface area contributed by atoms with Gasteiger partial charge in [0.1, 0.15) is 0 Å². The molecule has 3 atom stereocenters. The number of rotatable bonds is 5. The van der Waals surface area contributed by atoms with Crippen molar-refractivity contribution < 1.29 is 4.79 Å². The number of carbonyl (C=O) groups is 1. The zero-order valence-corrected chi connectivity index (χ0v) is 13.3. The molecule has 1 amide bonds. The molecule has 1 aliphatic heterocycles. The van der Waals surface area contributed by atoms with Gasteiger partial charge in [-0.3, -0.25) is 9.69 Å². The highest BCUT2D eigenvalue weighted by Gasteiger charge is 2.32. The maximum atomic E-state index is 11.2. The zero-order chi connectivity index (χ0) is 15.4. The van der Waals surface area contributed by atoms with Crippen LogP contribution in [0, 0.1) is 6.92 Å². The number of nitrogens with one attached hydrogen (secondary N) is 1. The second-order valence-corrected chi connectivity index (χ2v) is 6.05. The minimum atomic E-state index is 0.0501. The summed E-state index contributed by atoms with van der Waals surface area (Å²) in [6.45, 7) is 7.73. The van der Waals surface area contributed by atoms with E-state index in [9.17, 15) is 4.79 Å². The molecule has 4 heteroatoms. The number of hydrogen-bond acceptors (Lipinski definition) is 3. The Hall–Kier alpha value is -1.39. The largest absolute Gasteiger partial charge is 0.352 e. The Kier molecular flexibility index (Phi) is 5.37. The van der Waals surface area contributed by atoms with E-state index in [2.05, 4.69) is 48.3 Å². The summed E-state index contributed by atoms with van der Waals surface area (Å²) >= 11 is 0. The first kappa shape index (κ1) is 16.0. The van der Waals surface area contributed by atoms with Crippen LogP contribution in [0.15, 0.2) is 24.3 Å². The first-order valence-corrected chi connectivity index (χ1v) is 7.85. The van der Waals surface area contributed by atoms with Crippen LogP contribution >= 0.6 is 0 Å². The quantitative estimate of drug-likeness (QED) is 0.871. The molecule has 0 saturated carbocycles. The van der Waals surface area contributed by atoms with Gasteiger partial charge in [-0.1, -0.05) is 31.2 Å². The third-order valence-electron chi connectivity index (χ3n) is 4.40. The molecule has 0 radical (unpaired) electrons. The monoisotopic (exact) mass is 289 g/mol. The van der Waals surface area contributed by atoms with Gasteiger partial charge in [-0.15, -0.1) is 0 Å². The van der Waals surface area contributed by atoms with Crippen molar-refractivity contribution in [3.63, 3.8) is 0 Å². The van der Waals surface area contributed by atoms with Crippen molar-refractivity contribution in [3.05, 3.63) is 35.4 Å². The normalized spacial score (nSPS) is 22.0. The predicted molar refractivity (Wildman–Crippen MR) is 86.0 cm³/mol. The van der Waals surface area contributed by atoms with Crippen molar-refractivity contribution >= 4 is 5.91 Å². The minimum absolute atomic E-state index is 0.0501. The molecule has 2 rings (SSSR count). The molecule has 0 bridgehead atoms. The van der Waals surface area contributed by atoms with Crippen LogP contribution in [0.2, 0.25) is 0 Å². The smallest absolute Gasteiger partial charge is 0.217 e. The lowest BCUT2D eigenvalue weighted by Gasteiger charge is -2.33. The molecule has 1 aromatic carbocycles. The summed E-state index contributed by atoms with van der Waals surface area (Å²) in [5.74, 6) is 0.0501. The number of nitrogens with zero attached hydrogens (tertiary/aromatic N) is 1. The van der Waals surface area contributed by atoms with Crippen molar-refractivity contribution in [2.24, 2.45) is 5.73 Å². The SMILES string of the molecule is CCC(N)C(c1ccccc1C)N1CCC(NC(C)=O)C1. The molecule has 1 heterocycles. The first-order valence-electron chi connectivity index (χ1n) is 7.85. The molecular formula is C17H27N3O. The van der Waals surface area contributed by atoms with Crippen LogP contribution in [0.25, 0.3) is 0 Å². The van der Waals surface area contributed by atoms with E-state index >= 15 is 0 Å². The molecule has 3 N–H and O–H groups in total. The lowest BCUT2D eigenvalue weighted by atomic mass is 9.93. The van der Waals surface area contributed by atoms with Crippen LogP contribution in [-0.2, 0) is 4.79 Å². The minimum Gasteiger partial charge on any atom is -0.352 e. The van der Waals surface area contributed by atoms with Gasteiger partial charge in [0.2, 0.25) is 5.91 Å². The van der Waals surface area contributed by atoms with Crippen molar-refractivity contribution in [1.29, 1.82) is 0 Å². The Morgan fingerprint density at radius 2 is 2.19 bits per heavy atom. The van der Waals surface area contributed by atoms with Crippen LogP contribution in [-0.4, -0.2) is 36.0 Å². The highest BCUT2D eigenvalue weighted by molar-refractivity contribution is 5.73. The van der Waals surface area contributed by atoms with Crippen LogP contribution in [0.4, 0.5) is 0 Å². The van der Waals surface area contributed by atoms with E-state index in [0.29, 0.717) is 0 Å². The molecule has 3 unspecified atom stereocenters. The molecule has 1 saturated heterocycles. The topological polar surface area (TPSA) is 58.4 Å². The fraction of sp³-hybridized carbons (Fsp3) is 0.588. The summed E-state index contributed by atoms with van der Waals surface area (Å²) < 4.78 is 0. The second kappa shape index (κ2) is 7.05. The van der Waals surface area contributed by atoms with Crippen LogP contribution < -0.4 is 11.1 Å².